The van der Waals surface area contributed by atoms with Crippen LogP contribution in [0.1, 0.15) is 25.3 Å². The number of likely N-dealkylation sites (N-methyl/N-ethyl adjacent to an activating group) is 1. The van der Waals surface area contributed by atoms with Crippen LogP contribution in [0.15, 0.2) is 30.3 Å². The first-order valence-corrected chi connectivity index (χ1v) is 7.46. The van der Waals surface area contributed by atoms with Crippen molar-refractivity contribution in [2.75, 3.05) is 39.3 Å². The van der Waals surface area contributed by atoms with Crippen LogP contribution in [0.5, 0.6) is 0 Å². The molecule has 2 atom stereocenters. The smallest absolute Gasteiger partial charge is 0.0195 e. The molecule has 0 saturated carbocycles. The number of piperazine rings is 1. The van der Waals surface area contributed by atoms with Crippen LogP contribution in [0.4, 0.5) is 0 Å². The number of nitrogens with two attached hydrogens (primary N) is 1. The largest absolute Gasteiger partial charge is 0.330 e. The molecule has 1 aliphatic heterocycles. The second-order valence-electron chi connectivity index (χ2n) is 5.58. The van der Waals surface area contributed by atoms with Crippen molar-refractivity contribution < 1.29 is 0 Å². The van der Waals surface area contributed by atoms with Crippen molar-refractivity contribution in [2.24, 2.45) is 5.73 Å². The molecular weight excluding hydrogens is 234 g/mol. The van der Waals surface area contributed by atoms with Crippen molar-refractivity contribution >= 4 is 0 Å². The van der Waals surface area contributed by atoms with E-state index in [1.54, 1.807) is 0 Å². The summed E-state index contributed by atoms with van der Waals surface area (Å²) < 4.78 is 0. The van der Waals surface area contributed by atoms with Gasteiger partial charge in [0.2, 0.25) is 0 Å². The molecule has 1 aromatic rings. The fourth-order valence-corrected chi connectivity index (χ4v) is 3.06. The maximum Gasteiger partial charge on any atom is 0.0195 e. The van der Waals surface area contributed by atoms with E-state index in [0.717, 1.165) is 26.2 Å². The minimum Gasteiger partial charge on any atom is -0.330 e. The van der Waals surface area contributed by atoms with Gasteiger partial charge in [-0.25, -0.2) is 0 Å². The summed E-state index contributed by atoms with van der Waals surface area (Å²) in [5, 5.41) is 0. The highest BCUT2D eigenvalue weighted by Gasteiger charge is 2.24. The lowest BCUT2D eigenvalue weighted by atomic mass is 9.98. The lowest BCUT2D eigenvalue weighted by Crippen LogP contribution is -2.52. The third kappa shape index (κ3) is 3.78. The Hall–Kier alpha value is -0.900. The van der Waals surface area contributed by atoms with E-state index in [-0.39, 0.29) is 0 Å². The molecule has 1 saturated heterocycles. The van der Waals surface area contributed by atoms with Gasteiger partial charge in [-0.15, -0.1) is 0 Å². The van der Waals surface area contributed by atoms with Crippen molar-refractivity contribution in [3.8, 4) is 0 Å². The lowest BCUT2D eigenvalue weighted by Gasteiger charge is -2.40. The third-order valence-electron chi connectivity index (χ3n) is 4.29. The zero-order valence-corrected chi connectivity index (χ0v) is 12.3. The second-order valence-corrected chi connectivity index (χ2v) is 5.58. The van der Waals surface area contributed by atoms with Gasteiger partial charge in [-0.2, -0.15) is 0 Å². The van der Waals surface area contributed by atoms with E-state index >= 15 is 0 Å². The van der Waals surface area contributed by atoms with Crippen LogP contribution in [0.3, 0.4) is 0 Å². The van der Waals surface area contributed by atoms with Gasteiger partial charge in [-0.05, 0) is 19.0 Å². The summed E-state index contributed by atoms with van der Waals surface area (Å²) in [5.41, 5.74) is 7.34. The van der Waals surface area contributed by atoms with Crippen LogP contribution >= 0.6 is 0 Å². The van der Waals surface area contributed by atoms with Crippen LogP contribution in [-0.4, -0.2) is 55.1 Å². The average molecular weight is 261 g/mol. The van der Waals surface area contributed by atoms with Crippen molar-refractivity contribution in [1.29, 1.82) is 0 Å². The summed E-state index contributed by atoms with van der Waals surface area (Å²) in [5.74, 6) is 0.460. The molecule has 0 amide bonds. The van der Waals surface area contributed by atoms with Gasteiger partial charge in [0, 0.05) is 44.7 Å². The van der Waals surface area contributed by atoms with Crippen LogP contribution in [0.2, 0.25) is 0 Å². The van der Waals surface area contributed by atoms with Gasteiger partial charge < -0.3 is 5.73 Å². The van der Waals surface area contributed by atoms with Crippen molar-refractivity contribution in [1.82, 2.24) is 9.80 Å². The molecule has 0 spiro atoms. The SMILES string of the molecule is CCN1CCN(CC(CN)c2ccccc2)CC1C. The summed E-state index contributed by atoms with van der Waals surface area (Å²) in [6.07, 6.45) is 0. The topological polar surface area (TPSA) is 32.5 Å². The molecule has 2 rings (SSSR count). The van der Waals surface area contributed by atoms with E-state index in [1.165, 1.54) is 18.7 Å². The van der Waals surface area contributed by atoms with Crippen molar-refractivity contribution in [3.05, 3.63) is 35.9 Å². The molecule has 3 heteroatoms. The van der Waals surface area contributed by atoms with Gasteiger partial charge in [-0.1, -0.05) is 37.3 Å². The molecule has 0 radical (unpaired) electrons. The summed E-state index contributed by atoms with van der Waals surface area (Å²) >= 11 is 0. The molecule has 2 unspecified atom stereocenters. The van der Waals surface area contributed by atoms with E-state index in [4.69, 9.17) is 5.73 Å². The molecule has 0 aliphatic carbocycles. The summed E-state index contributed by atoms with van der Waals surface area (Å²) in [6, 6.07) is 11.3. The quantitative estimate of drug-likeness (QED) is 0.876. The van der Waals surface area contributed by atoms with Gasteiger partial charge in [0.25, 0.3) is 0 Å². The van der Waals surface area contributed by atoms with Crippen LogP contribution in [0, 0.1) is 0 Å². The number of benzene rings is 1. The number of hydrogen-bond donors (Lipinski definition) is 1. The first-order valence-electron chi connectivity index (χ1n) is 7.46. The zero-order valence-electron chi connectivity index (χ0n) is 12.3. The van der Waals surface area contributed by atoms with E-state index in [1.807, 2.05) is 0 Å². The molecule has 3 nitrogen and oxygen atoms in total. The summed E-state index contributed by atoms with van der Waals surface area (Å²) in [6.45, 7) is 11.1. The highest BCUT2D eigenvalue weighted by molar-refractivity contribution is 5.20. The standard InChI is InChI=1S/C16H27N3/c1-3-19-10-9-18(12-14(19)2)13-16(11-17)15-7-5-4-6-8-15/h4-8,14,16H,3,9-13,17H2,1-2H3. The van der Waals surface area contributed by atoms with Gasteiger partial charge in [-0.3, -0.25) is 9.80 Å². The Kier molecular flexibility index (Phi) is 5.37. The summed E-state index contributed by atoms with van der Waals surface area (Å²) in [4.78, 5) is 5.12. The molecule has 1 aliphatic rings. The minimum atomic E-state index is 0.460. The van der Waals surface area contributed by atoms with Gasteiger partial charge in [0.15, 0.2) is 0 Å². The highest BCUT2D eigenvalue weighted by atomic mass is 15.3. The highest BCUT2D eigenvalue weighted by Crippen LogP contribution is 2.18. The Bertz CT molecular complexity index is 366. The van der Waals surface area contributed by atoms with Crippen molar-refractivity contribution in [2.45, 2.75) is 25.8 Å². The molecule has 19 heavy (non-hydrogen) atoms. The molecule has 0 bridgehead atoms. The second kappa shape index (κ2) is 7.04. The molecule has 0 aromatic heterocycles. The Balaban J connectivity index is 1.93. The monoisotopic (exact) mass is 261 g/mol. The molecule has 1 fully saturated rings. The number of hydrogen-bond acceptors (Lipinski definition) is 3. The first kappa shape index (κ1) is 14.5. The Labute approximate surface area is 117 Å². The predicted octanol–water partition coefficient (Wildman–Crippen LogP) is 1.75. The Morgan fingerprint density at radius 1 is 1.26 bits per heavy atom. The molecule has 1 aromatic carbocycles. The van der Waals surface area contributed by atoms with Crippen molar-refractivity contribution in [3.63, 3.8) is 0 Å². The maximum atomic E-state index is 5.97. The normalized spacial score (nSPS) is 23.4. The minimum absolute atomic E-state index is 0.460. The predicted molar refractivity (Wildman–Crippen MR) is 81.4 cm³/mol. The summed E-state index contributed by atoms with van der Waals surface area (Å²) in [7, 11) is 0. The van der Waals surface area contributed by atoms with E-state index in [0.29, 0.717) is 12.0 Å². The molecule has 106 valence electrons. The van der Waals surface area contributed by atoms with Crippen LogP contribution in [0.25, 0.3) is 0 Å². The third-order valence-corrected chi connectivity index (χ3v) is 4.29. The maximum absolute atomic E-state index is 5.97. The zero-order chi connectivity index (χ0) is 13.7. The fourth-order valence-electron chi connectivity index (χ4n) is 3.06. The Morgan fingerprint density at radius 3 is 2.58 bits per heavy atom. The molecular formula is C16H27N3. The van der Waals surface area contributed by atoms with Crippen LogP contribution in [-0.2, 0) is 0 Å². The van der Waals surface area contributed by atoms with Gasteiger partial charge in [0.1, 0.15) is 0 Å². The van der Waals surface area contributed by atoms with E-state index in [2.05, 4.69) is 54.0 Å². The molecule has 2 N–H and O–H groups in total. The van der Waals surface area contributed by atoms with Gasteiger partial charge >= 0.3 is 0 Å². The van der Waals surface area contributed by atoms with E-state index in [9.17, 15) is 0 Å². The van der Waals surface area contributed by atoms with Crippen LogP contribution < -0.4 is 5.73 Å². The number of rotatable bonds is 5. The molecule has 1 heterocycles. The lowest BCUT2D eigenvalue weighted by molar-refractivity contribution is 0.0842. The van der Waals surface area contributed by atoms with E-state index < -0.39 is 0 Å². The first-order chi connectivity index (χ1) is 9.24. The fraction of sp³-hybridized carbons (Fsp3) is 0.625. The Morgan fingerprint density at radius 2 is 2.00 bits per heavy atom. The number of nitrogens with zero attached hydrogens (tertiary/aromatic N) is 2. The van der Waals surface area contributed by atoms with Gasteiger partial charge in [0.05, 0.1) is 0 Å². The average Bonchev–Trinajstić information content (AvgIpc) is 2.46.